The first-order valence-corrected chi connectivity index (χ1v) is 11.3. The van der Waals surface area contributed by atoms with Crippen molar-refractivity contribution >= 4 is 22.4 Å². The predicted octanol–water partition coefficient (Wildman–Crippen LogP) is 6.61. The van der Waals surface area contributed by atoms with E-state index in [-0.39, 0.29) is 5.91 Å². The SMILES string of the molecule is CCOc1cc2occ(-c3ccc(C)cc3)c2cc1/C(C)=C/C(=O)N1CCCCCC1. The zero-order valence-electron chi connectivity index (χ0n) is 18.7. The predicted molar refractivity (Wildman–Crippen MR) is 126 cm³/mol. The van der Waals surface area contributed by atoms with Gasteiger partial charge < -0.3 is 14.1 Å². The Labute approximate surface area is 184 Å². The summed E-state index contributed by atoms with van der Waals surface area (Å²) in [6.45, 7) is 8.29. The Hall–Kier alpha value is -3.01. The van der Waals surface area contributed by atoms with Crippen molar-refractivity contribution in [1.29, 1.82) is 0 Å². The van der Waals surface area contributed by atoms with E-state index in [0.717, 1.165) is 64.9 Å². The summed E-state index contributed by atoms with van der Waals surface area (Å²) < 4.78 is 11.8. The second-order valence-corrected chi connectivity index (χ2v) is 8.36. The van der Waals surface area contributed by atoms with Gasteiger partial charge in [-0.3, -0.25) is 4.79 Å². The van der Waals surface area contributed by atoms with Gasteiger partial charge in [0.1, 0.15) is 11.3 Å². The summed E-state index contributed by atoms with van der Waals surface area (Å²) in [6.07, 6.45) is 8.16. The van der Waals surface area contributed by atoms with Gasteiger partial charge in [-0.1, -0.05) is 42.7 Å². The highest BCUT2D eigenvalue weighted by molar-refractivity contribution is 6.00. The lowest BCUT2D eigenvalue weighted by molar-refractivity contribution is -0.125. The van der Waals surface area contributed by atoms with Crippen LogP contribution in [0.15, 0.2) is 53.2 Å². The van der Waals surface area contributed by atoms with E-state index in [1.165, 1.54) is 18.4 Å². The lowest BCUT2D eigenvalue weighted by Gasteiger charge is -2.19. The first-order chi connectivity index (χ1) is 15.1. The average molecular weight is 418 g/mol. The van der Waals surface area contributed by atoms with Crippen LogP contribution < -0.4 is 4.74 Å². The molecule has 1 aliphatic heterocycles. The molecule has 1 aromatic heterocycles. The van der Waals surface area contributed by atoms with E-state index in [1.54, 1.807) is 12.3 Å². The topological polar surface area (TPSA) is 42.7 Å². The summed E-state index contributed by atoms with van der Waals surface area (Å²) in [5.74, 6) is 0.838. The van der Waals surface area contributed by atoms with Crippen molar-refractivity contribution in [2.75, 3.05) is 19.7 Å². The molecule has 162 valence electrons. The Morgan fingerprint density at radius 2 is 1.81 bits per heavy atom. The molecular formula is C27H31NO3. The fourth-order valence-corrected chi connectivity index (χ4v) is 4.24. The summed E-state index contributed by atoms with van der Waals surface area (Å²) >= 11 is 0. The summed E-state index contributed by atoms with van der Waals surface area (Å²) in [7, 11) is 0. The number of fused-ring (bicyclic) bond motifs is 1. The summed E-state index contributed by atoms with van der Waals surface area (Å²) in [5.41, 5.74) is 6.02. The Balaban J connectivity index is 1.73. The van der Waals surface area contributed by atoms with Crippen molar-refractivity contribution in [2.45, 2.75) is 46.5 Å². The fourth-order valence-electron chi connectivity index (χ4n) is 4.24. The van der Waals surface area contributed by atoms with E-state index < -0.39 is 0 Å². The van der Waals surface area contributed by atoms with E-state index >= 15 is 0 Å². The molecule has 3 aromatic rings. The third-order valence-corrected chi connectivity index (χ3v) is 6.02. The molecule has 1 fully saturated rings. The summed E-state index contributed by atoms with van der Waals surface area (Å²) in [4.78, 5) is 14.9. The van der Waals surface area contributed by atoms with Crippen LogP contribution in [0.4, 0.5) is 0 Å². The van der Waals surface area contributed by atoms with Crippen LogP contribution in [0.3, 0.4) is 0 Å². The maximum atomic E-state index is 12.9. The van der Waals surface area contributed by atoms with Crippen molar-refractivity contribution in [1.82, 2.24) is 4.90 Å². The Kier molecular flexibility index (Phi) is 6.45. The number of rotatable bonds is 5. The second kappa shape index (κ2) is 9.42. The van der Waals surface area contributed by atoms with Gasteiger partial charge in [-0.05, 0) is 50.8 Å². The number of aryl methyl sites for hydroxylation is 1. The maximum Gasteiger partial charge on any atom is 0.246 e. The quantitative estimate of drug-likeness (QED) is 0.439. The highest BCUT2D eigenvalue weighted by Gasteiger charge is 2.17. The van der Waals surface area contributed by atoms with Crippen LogP contribution in [0.5, 0.6) is 5.75 Å². The van der Waals surface area contributed by atoms with E-state index in [0.29, 0.717) is 6.61 Å². The minimum Gasteiger partial charge on any atom is -0.493 e. The smallest absolute Gasteiger partial charge is 0.246 e. The van der Waals surface area contributed by atoms with Crippen molar-refractivity contribution < 1.29 is 13.9 Å². The number of carbonyl (C=O) groups excluding carboxylic acids is 1. The molecule has 0 spiro atoms. The van der Waals surface area contributed by atoms with E-state index in [4.69, 9.17) is 9.15 Å². The highest BCUT2D eigenvalue weighted by Crippen LogP contribution is 2.37. The number of carbonyl (C=O) groups is 1. The minimum atomic E-state index is 0.0906. The monoisotopic (exact) mass is 417 g/mol. The molecule has 4 heteroatoms. The molecule has 31 heavy (non-hydrogen) atoms. The van der Waals surface area contributed by atoms with Gasteiger partial charge in [0.25, 0.3) is 0 Å². The van der Waals surface area contributed by atoms with Gasteiger partial charge in [0, 0.05) is 41.7 Å². The largest absolute Gasteiger partial charge is 0.493 e. The molecular weight excluding hydrogens is 386 g/mol. The van der Waals surface area contributed by atoms with Crippen LogP contribution in [0.25, 0.3) is 27.7 Å². The molecule has 0 atom stereocenters. The van der Waals surface area contributed by atoms with Crippen molar-refractivity contribution in [3.63, 3.8) is 0 Å². The third-order valence-electron chi connectivity index (χ3n) is 6.02. The molecule has 4 rings (SSSR count). The molecule has 0 bridgehead atoms. The van der Waals surface area contributed by atoms with Gasteiger partial charge in [-0.15, -0.1) is 0 Å². The van der Waals surface area contributed by atoms with Crippen molar-refractivity contribution in [3.05, 3.63) is 59.9 Å². The second-order valence-electron chi connectivity index (χ2n) is 8.36. The first kappa shape index (κ1) is 21.2. The number of ether oxygens (including phenoxy) is 1. The molecule has 1 amide bonds. The lowest BCUT2D eigenvalue weighted by atomic mass is 9.98. The Morgan fingerprint density at radius 3 is 2.48 bits per heavy atom. The molecule has 1 saturated heterocycles. The third kappa shape index (κ3) is 4.68. The maximum absolute atomic E-state index is 12.9. The molecule has 4 nitrogen and oxygen atoms in total. The van der Waals surface area contributed by atoms with Gasteiger partial charge >= 0.3 is 0 Å². The number of likely N-dealkylation sites (tertiary alicyclic amines) is 1. The molecule has 0 saturated carbocycles. The number of benzene rings is 2. The van der Waals surface area contributed by atoms with Crippen LogP contribution in [-0.4, -0.2) is 30.5 Å². The van der Waals surface area contributed by atoms with Crippen LogP contribution in [-0.2, 0) is 4.79 Å². The molecule has 0 unspecified atom stereocenters. The van der Waals surface area contributed by atoms with Crippen molar-refractivity contribution in [3.8, 4) is 16.9 Å². The summed E-state index contributed by atoms with van der Waals surface area (Å²) in [5, 5.41) is 1.03. The van der Waals surface area contributed by atoms with E-state index in [1.807, 2.05) is 24.8 Å². The number of allylic oxidation sites excluding steroid dienone is 1. The molecule has 0 N–H and O–H groups in total. The zero-order valence-corrected chi connectivity index (χ0v) is 18.7. The number of furan rings is 1. The van der Waals surface area contributed by atoms with E-state index in [9.17, 15) is 4.79 Å². The number of hydrogen-bond acceptors (Lipinski definition) is 3. The molecule has 0 aliphatic carbocycles. The molecule has 1 aliphatic rings. The van der Waals surface area contributed by atoms with Gasteiger partial charge in [-0.25, -0.2) is 0 Å². The van der Waals surface area contributed by atoms with Crippen LogP contribution in [0.2, 0.25) is 0 Å². The van der Waals surface area contributed by atoms with Crippen LogP contribution in [0, 0.1) is 6.92 Å². The molecule has 2 heterocycles. The van der Waals surface area contributed by atoms with Crippen LogP contribution in [0.1, 0.15) is 50.7 Å². The normalized spacial score (nSPS) is 15.2. The standard InChI is InChI=1S/C27H31NO3/c1-4-30-25-17-26-23(24(18-31-26)21-11-9-19(2)10-12-21)16-22(25)20(3)15-27(29)28-13-7-5-6-8-14-28/h9-12,15-18H,4-8,13-14H2,1-3H3/b20-15+. The van der Waals surface area contributed by atoms with Crippen LogP contribution >= 0.6 is 0 Å². The number of amides is 1. The van der Waals surface area contributed by atoms with Gasteiger partial charge in [0.05, 0.1) is 12.9 Å². The van der Waals surface area contributed by atoms with Gasteiger partial charge in [0.15, 0.2) is 0 Å². The zero-order chi connectivity index (χ0) is 21.8. The lowest BCUT2D eigenvalue weighted by Crippen LogP contribution is -2.30. The molecule has 0 radical (unpaired) electrons. The highest BCUT2D eigenvalue weighted by atomic mass is 16.5. The van der Waals surface area contributed by atoms with Gasteiger partial charge in [0.2, 0.25) is 5.91 Å². The number of nitrogens with zero attached hydrogens (tertiary/aromatic N) is 1. The van der Waals surface area contributed by atoms with Gasteiger partial charge in [-0.2, -0.15) is 0 Å². The fraction of sp³-hybridized carbons (Fsp3) is 0.370. The first-order valence-electron chi connectivity index (χ1n) is 11.3. The summed E-state index contributed by atoms with van der Waals surface area (Å²) in [6, 6.07) is 12.5. The van der Waals surface area contributed by atoms with Crippen molar-refractivity contribution in [2.24, 2.45) is 0 Å². The van der Waals surface area contributed by atoms with E-state index in [2.05, 4.69) is 37.3 Å². The Morgan fingerprint density at radius 1 is 1.10 bits per heavy atom. The minimum absolute atomic E-state index is 0.0906. The number of hydrogen-bond donors (Lipinski definition) is 0. The molecule has 2 aromatic carbocycles. The average Bonchev–Trinajstić information content (AvgIpc) is 2.97. The Bertz CT molecular complexity index is 1080.